The highest BCUT2D eigenvalue weighted by molar-refractivity contribution is 5.52. The molecule has 0 saturated heterocycles. The molecule has 0 spiro atoms. The molecule has 0 aliphatic carbocycles. The van der Waals surface area contributed by atoms with Gasteiger partial charge in [0.1, 0.15) is 0 Å². The molecule has 0 aliphatic rings. The molecule has 2 aromatic rings. The van der Waals surface area contributed by atoms with E-state index in [2.05, 4.69) is 30.0 Å². The Kier molecular flexibility index (Phi) is 3.78. The van der Waals surface area contributed by atoms with Gasteiger partial charge in [0.25, 0.3) is 0 Å². The molecule has 0 radical (unpaired) electrons. The molecule has 0 aromatic heterocycles. The van der Waals surface area contributed by atoms with Crippen LogP contribution in [0.2, 0.25) is 0 Å². The van der Waals surface area contributed by atoms with Crippen LogP contribution in [0.25, 0.3) is 6.08 Å². The van der Waals surface area contributed by atoms with Crippen molar-refractivity contribution < 1.29 is 0 Å². The van der Waals surface area contributed by atoms with Crippen LogP contribution in [-0.4, -0.2) is 0 Å². The van der Waals surface area contributed by atoms with Crippen molar-refractivity contribution in [2.45, 2.75) is 6.92 Å². The van der Waals surface area contributed by atoms with E-state index in [4.69, 9.17) is 0 Å². The predicted octanol–water partition coefficient (Wildman–Crippen LogP) is 4.12. The van der Waals surface area contributed by atoms with E-state index in [1.54, 1.807) is 0 Å². The third-order valence-corrected chi connectivity index (χ3v) is 2.39. The molecule has 0 amide bonds. The fourth-order valence-electron chi connectivity index (χ4n) is 1.54. The Morgan fingerprint density at radius 2 is 1.35 bits per heavy atom. The normalized spacial score (nSPS) is 9.94. The quantitative estimate of drug-likeness (QED) is 0.632. The summed E-state index contributed by atoms with van der Waals surface area (Å²) in [4.78, 5) is 0. The van der Waals surface area contributed by atoms with Gasteiger partial charge >= 0.3 is 0 Å². The van der Waals surface area contributed by atoms with Gasteiger partial charge in [-0.1, -0.05) is 54.3 Å². The highest BCUT2D eigenvalue weighted by atomic mass is 13.9. The monoisotopic (exact) mass is 218 g/mol. The lowest BCUT2D eigenvalue weighted by Gasteiger charge is -1.93. The van der Waals surface area contributed by atoms with Crippen LogP contribution < -0.4 is 0 Å². The number of hydrogen-bond acceptors (Lipinski definition) is 0. The van der Waals surface area contributed by atoms with E-state index >= 15 is 0 Å². The van der Waals surface area contributed by atoms with Gasteiger partial charge in [0, 0.05) is 11.1 Å². The molecule has 17 heavy (non-hydrogen) atoms. The Labute approximate surface area is 103 Å². The number of hydrogen-bond donors (Lipinski definition) is 0. The maximum absolute atomic E-state index is 3.16. The summed E-state index contributed by atoms with van der Waals surface area (Å²) in [5, 5.41) is 0. The maximum Gasteiger partial charge on any atom is 0.0249 e. The van der Waals surface area contributed by atoms with Crippen molar-refractivity contribution in [2.24, 2.45) is 0 Å². The molecule has 0 bridgehead atoms. The maximum atomic E-state index is 3.16. The van der Waals surface area contributed by atoms with Crippen LogP contribution in [0.5, 0.6) is 0 Å². The van der Waals surface area contributed by atoms with E-state index in [1.807, 2.05) is 55.5 Å². The van der Waals surface area contributed by atoms with Gasteiger partial charge in [-0.05, 0) is 36.8 Å². The summed E-state index contributed by atoms with van der Waals surface area (Å²) in [5.74, 6) is 6.30. The topological polar surface area (TPSA) is 0 Å². The van der Waals surface area contributed by atoms with Crippen LogP contribution >= 0.6 is 0 Å². The fraction of sp³-hybridized carbons (Fsp3) is 0.0588. The van der Waals surface area contributed by atoms with E-state index in [-0.39, 0.29) is 0 Å². The highest BCUT2D eigenvalue weighted by Crippen LogP contribution is 2.05. The standard InChI is InChI=1S/C17H14/c1-2-6-15-9-12-17(13-10-15)14-11-16-7-4-3-5-8-16/h2-10,12-13H,1H3/b6-2+. The van der Waals surface area contributed by atoms with Crippen LogP contribution in [0, 0.1) is 11.8 Å². The SMILES string of the molecule is C/C=C/c1ccc(C#Cc2ccccc2)cc1. The van der Waals surface area contributed by atoms with Crippen molar-refractivity contribution in [1.29, 1.82) is 0 Å². The molecule has 2 rings (SSSR count). The minimum Gasteiger partial charge on any atom is -0.0871 e. The molecule has 2 aromatic carbocycles. The van der Waals surface area contributed by atoms with Crippen molar-refractivity contribution in [3.63, 3.8) is 0 Å². The van der Waals surface area contributed by atoms with Gasteiger partial charge in [0.15, 0.2) is 0 Å². The van der Waals surface area contributed by atoms with Crippen LogP contribution in [0.1, 0.15) is 23.6 Å². The second-order valence-corrected chi connectivity index (χ2v) is 3.74. The van der Waals surface area contributed by atoms with Crippen LogP contribution in [0.3, 0.4) is 0 Å². The number of benzene rings is 2. The largest absolute Gasteiger partial charge is 0.0871 e. The lowest BCUT2D eigenvalue weighted by molar-refractivity contribution is 1.59. The fourth-order valence-corrected chi connectivity index (χ4v) is 1.54. The molecule has 0 saturated carbocycles. The minimum absolute atomic E-state index is 1.04. The Morgan fingerprint density at radius 1 is 0.765 bits per heavy atom. The first-order valence-electron chi connectivity index (χ1n) is 5.68. The highest BCUT2D eigenvalue weighted by Gasteiger charge is 1.88. The van der Waals surface area contributed by atoms with Crippen molar-refractivity contribution >= 4 is 6.08 Å². The molecule has 0 fully saturated rings. The van der Waals surface area contributed by atoms with E-state index in [9.17, 15) is 0 Å². The summed E-state index contributed by atoms with van der Waals surface area (Å²) in [6, 6.07) is 18.3. The summed E-state index contributed by atoms with van der Waals surface area (Å²) in [7, 11) is 0. The molecular formula is C17H14. The Hall–Kier alpha value is -2.26. The van der Waals surface area contributed by atoms with Gasteiger partial charge in [-0.25, -0.2) is 0 Å². The molecule has 0 aliphatic heterocycles. The van der Waals surface area contributed by atoms with E-state index in [1.165, 1.54) is 5.56 Å². The summed E-state index contributed by atoms with van der Waals surface area (Å²) in [6.45, 7) is 2.02. The molecule has 0 heteroatoms. The zero-order valence-corrected chi connectivity index (χ0v) is 9.85. The Balaban J connectivity index is 2.17. The first-order valence-corrected chi connectivity index (χ1v) is 5.68. The van der Waals surface area contributed by atoms with E-state index < -0.39 is 0 Å². The predicted molar refractivity (Wildman–Crippen MR) is 73.6 cm³/mol. The molecule has 0 nitrogen and oxygen atoms in total. The van der Waals surface area contributed by atoms with Gasteiger partial charge in [-0.2, -0.15) is 0 Å². The second-order valence-electron chi connectivity index (χ2n) is 3.74. The molecule has 0 unspecified atom stereocenters. The molecule has 0 atom stereocenters. The van der Waals surface area contributed by atoms with E-state index in [0.717, 1.165) is 11.1 Å². The van der Waals surface area contributed by atoms with Crippen molar-refractivity contribution in [2.75, 3.05) is 0 Å². The Bertz CT molecular complexity index is 548. The Morgan fingerprint density at radius 3 is 1.94 bits per heavy atom. The second kappa shape index (κ2) is 5.72. The van der Waals surface area contributed by atoms with E-state index in [0.29, 0.717) is 0 Å². The lowest BCUT2D eigenvalue weighted by Crippen LogP contribution is -1.76. The number of allylic oxidation sites excluding steroid dienone is 1. The first kappa shape index (κ1) is 11.2. The third kappa shape index (κ3) is 3.36. The molecule has 0 N–H and O–H groups in total. The van der Waals surface area contributed by atoms with Crippen molar-refractivity contribution in [3.8, 4) is 11.8 Å². The zero-order valence-electron chi connectivity index (χ0n) is 9.85. The average molecular weight is 218 g/mol. The first-order chi connectivity index (χ1) is 8.38. The third-order valence-electron chi connectivity index (χ3n) is 2.39. The number of rotatable bonds is 1. The summed E-state index contributed by atoms with van der Waals surface area (Å²) >= 11 is 0. The van der Waals surface area contributed by atoms with Crippen LogP contribution in [0.4, 0.5) is 0 Å². The van der Waals surface area contributed by atoms with Gasteiger partial charge in [0.2, 0.25) is 0 Å². The van der Waals surface area contributed by atoms with Gasteiger partial charge in [-0.15, -0.1) is 0 Å². The van der Waals surface area contributed by atoms with Crippen molar-refractivity contribution in [1.82, 2.24) is 0 Å². The molecule has 0 heterocycles. The minimum atomic E-state index is 1.04. The average Bonchev–Trinajstić information content (AvgIpc) is 2.40. The van der Waals surface area contributed by atoms with Crippen LogP contribution in [-0.2, 0) is 0 Å². The summed E-state index contributed by atoms with van der Waals surface area (Å²) in [5.41, 5.74) is 3.30. The van der Waals surface area contributed by atoms with Crippen LogP contribution in [0.15, 0.2) is 60.7 Å². The summed E-state index contributed by atoms with van der Waals surface area (Å²) < 4.78 is 0. The van der Waals surface area contributed by atoms with Gasteiger partial charge in [-0.3, -0.25) is 0 Å². The zero-order chi connectivity index (χ0) is 11.9. The molecular weight excluding hydrogens is 204 g/mol. The smallest absolute Gasteiger partial charge is 0.0249 e. The summed E-state index contributed by atoms with van der Waals surface area (Å²) in [6.07, 6.45) is 4.11. The van der Waals surface area contributed by atoms with Gasteiger partial charge in [0.05, 0.1) is 0 Å². The lowest BCUT2D eigenvalue weighted by atomic mass is 10.1. The van der Waals surface area contributed by atoms with Crippen molar-refractivity contribution in [3.05, 3.63) is 77.4 Å². The van der Waals surface area contributed by atoms with Gasteiger partial charge < -0.3 is 0 Å². The molecule has 82 valence electrons.